The first-order chi connectivity index (χ1) is 17.3. The van der Waals surface area contributed by atoms with Crippen LogP contribution in [0.5, 0.6) is 0 Å². The Morgan fingerprint density at radius 2 is 1.57 bits per heavy atom. The fourth-order valence-corrected chi connectivity index (χ4v) is 3.67. The predicted molar refractivity (Wildman–Crippen MR) is 139 cm³/mol. The summed E-state index contributed by atoms with van der Waals surface area (Å²) in [6, 6.07) is 10.9. The van der Waals surface area contributed by atoms with Crippen molar-refractivity contribution in [3.63, 3.8) is 0 Å². The largest absolute Gasteiger partial charge is 0.444 e. The van der Waals surface area contributed by atoms with Crippen molar-refractivity contribution >= 4 is 12.0 Å². The molecule has 2 amide bonds. The lowest BCUT2D eigenvalue weighted by Crippen LogP contribution is -2.54. The number of benzene rings is 2. The van der Waals surface area contributed by atoms with Crippen molar-refractivity contribution in [2.24, 2.45) is 5.92 Å². The van der Waals surface area contributed by atoms with Gasteiger partial charge >= 0.3 is 6.09 Å². The summed E-state index contributed by atoms with van der Waals surface area (Å²) in [6.45, 7) is 9.52. The molecule has 2 rings (SSSR count). The fourth-order valence-electron chi connectivity index (χ4n) is 3.67. The summed E-state index contributed by atoms with van der Waals surface area (Å²) >= 11 is 0. The van der Waals surface area contributed by atoms with Gasteiger partial charge in [0.25, 0.3) is 0 Å². The summed E-state index contributed by atoms with van der Waals surface area (Å²) in [4.78, 5) is 25.4. The first-order valence-corrected chi connectivity index (χ1v) is 12.5. The number of ether oxygens (including phenoxy) is 1. The van der Waals surface area contributed by atoms with Crippen molar-refractivity contribution in [1.29, 1.82) is 0 Å². The molecule has 0 aliphatic carbocycles. The van der Waals surface area contributed by atoms with E-state index in [9.17, 15) is 23.5 Å². The number of aliphatic hydroxyl groups is 1. The van der Waals surface area contributed by atoms with Crippen LogP contribution < -0.4 is 16.0 Å². The smallest absolute Gasteiger partial charge is 0.407 e. The van der Waals surface area contributed by atoms with E-state index >= 15 is 0 Å². The number of amides is 2. The molecule has 4 N–H and O–H groups in total. The van der Waals surface area contributed by atoms with Crippen LogP contribution in [0.4, 0.5) is 13.6 Å². The standard InChI is InChI=1S/C28H39F2N3O4/c1-18(2)16-32-26(35)24(13-19-9-7-6-8-10-19)31-17-25(34)23(33-27(36)37-28(3,4)5)14-20-11-21(29)15-22(30)12-20/h6-12,15,18,23-25,31,34H,13-14,16-17H2,1-5H3,(H,32,35)(H,33,36)/t23-,24-,25+/m0/s1. The summed E-state index contributed by atoms with van der Waals surface area (Å²) in [6.07, 6.45) is -1.64. The molecule has 0 spiro atoms. The first kappa shape index (κ1) is 30.2. The Morgan fingerprint density at radius 1 is 0.946 bits per heavy atom. The minimum atomic E-state index is -1.20. The quantitative estimate of drug-likeness (QED) is 0.343. The van der Waals surface area contributed by atoms with Gasteiger partial charge in [0.1, 0.15) is 17.2 Å². The molecule has 0 aromatic heterocycles. The van der Waals surface area contributed by atoms with Crippen LogP contribution >= 0.6 is 0 Å². The average Bonchev–Trinajstić information content (AvgIpc) is 2.78. The Hall–Kier alpha value is -3.04. The molecule has 0 heterocycles. The lowest BCUT2D eigenvalue weighted by molar-refractivity contribution is -0.123. The van der Waals surface area contributed by atoms with E-state index in [2.05, 4.69) is 16.0 Å². The third-order valence-electron chi connectivity index (χ3n) is 5.40. The van der Waals surface area contributed by atoms with E-state index in [4.69, 9.17) is 4.74 Å². The molecule has 204 valence electrons. The van der Waals surface area contributed by atoms with Gasteiger partial charge in [-0.15, -0.1) is 0 Å². The second-order valence-electron chi connectivity index (χ2n) is 10.6. The molecule has 0 saturated heterocycles. The fraction of sp³-hybridized carbons (Fsp3) is 0.500. The molecule has 9 heteroatoms. The van der Waals surface area contributed by atoms with E-state index in [-0.39, 0.29) is 30.4 Å². The molecule has 7 nitrogen and oxygen atoms in total. The Bertz CT molecular complexity index is 992. The van der Waals surface area contributed by atoms with Crippen LogP contribution in [0.2, 0.25) is 0 Å². The first-order valence-electron chi connectivity index (χ1n) is 12.5. The Labute approximate surface area is 218 Å². The number of carbonyl (C=O) groups is 2. The predicted octanol–water partition coefficient (Wildman–Crippen LogP) is 3.73. The lowest BCUT2D eigenvalue weighted by Gasteiger charge is -2.28. The van der Waals surface area contributed by atoms with Crippen molar-refractivity contribution in [2.75, 3.05) is 13.1 Å². The van der Waals surface area contributed by atoms with Crippen molar-refractivity contribution in [2.45, 2.75) is 71.2 Å². The van der Waals surface area contributed by atoms with Gasteiger partial charge in [-0.05, 0) is 62.8 Å². The number of aliphatic hydroxyl groups excluding tert-OH is 1. The summed E-state index contributed by atoms with van der Waals surface area (Å²) in [5, 5.41) is 19.6. The van der Waals surface area contributed by atoms with Crippen LogP contribution in [-0.4, -0.2) is 54.0 Å². The van der Waals surface area contributed by atoms with Crippen molar-refractivity contribution in [1.82, 2.24) is 16.0 Å². The Kier molecular flexibility index (Phi) is 11.5. The Morgan fingerprint density at radius 3 is 2.14 bits per heavy atom. The van der Waals surface area contributed by atoms with Crippen molar-refractivity contribution in [3.8, 4) is 0 Å². The number of carbonyl (C=O) groups excluding carboxylic acids is 2. The van der Waals surface area contributed by atoms with E-state index in [1.807, 2.05) is 44.2 Å². The summed E-state index contributed by atoms with van der Waals surface area (Å²) in [5.74, 6) is -1.47. The molecule has 0 aliphatic rings. The van der Waals surface area contributed by atoms with Gasteiger partial charge in [-0.3, -0.25) is 4.79 Å². The molecule has 3 atom stereocenters. The van der Waals surface area contributed by atoms with E-state index in [0.717, 1.165) is 23.8 Å². The van der Waals surface area contributed by atoms with E-state index in [0.29, 0.717) is 13.0 Å². The van der Waals surface area contributed by atoms with Gasteiger partial charge in [0.05, 0.1) is 18.2 Å². The highest BCUT2D eigenvalue weighted by atomic mass is 19.1. The molecule has 0 aliphatic heterocycles. The maximum Gasteiger partial charge on any atom is 0.407 e. The lowest BCUT2D eigenvalue weighted by atomic mass is 10.00. The molecule has 0 bridgehead atoms. The van der Waals surface area contributed by atoms with Gasteiger partial charge in [0.2, 0.25) is 5.91 Å². The van der Waals surface area contributed by atoms with Crippen LogP contribution in [0.25, 0.3) is 0 Å². The van der Waals surface area contributed by atoms with Crippen LogP contribution in [0, 0.1) is 17.6 Å². The van der Waals surface area contributed by atoms with Gasteiger partial charge in [-0.2, -0.15) is 0 Å². The second kappa shape index (κ2) is 14.0. The molecule has 0 saturated carbocycles. The SMILES string of the molecule is CC(C)CNC(=O)[C@H](Cc1ccccc1)NC[C@@H](O)[C@H](Cc1cc(F)cc(F)c1)NC(=O)OC(C)(C)C. The minimum absolute atomic E-state index is 0.0559. The summed E-state index contributed by atoms with van der Waals surface area (Å²) < 4.78 is 32.9. The highest BCUT2D eigenvalue weighted by Gasteiger charge is 2.27. The number of halogens is 2. The molecule has 0 fully saturated rings. The molecular formula is C28H39F2N3O4. The summed E-state index contributed by atoms with van der Waals surface area (Å²) in [5.41, 5.74) is 0.416. The number of nitrogens with one attached hydrogen (secondary N) is 3. The highest BCUT2D eigenvalue weighted by molar-refractivity contribution is 5.82. The van der Waals surface area contributed by atoms with Gasteiger partial charge < -0.3 is 25.8 Å². The normalized spacial score (nSPS) is 14.1. The van der Waals surface area contributed by atoms with Gasteiger partial charge in [-0.1, -0.05) is 44.2 Å². The van der Waals surface area contributed by atoms with Crippen LogP contribution in [-0.2, 0) is 22.4 Å². The van der Waals surface area contributed by atoms with Crippen molar-refractivity contribution in [3.05, 3.63) is 71.3 Å². The zero-order chi connectivity index (χ0) is 27.6. The van der Waals surface area contributed by atoms with E-state index in [1.165, 1.54) is 0 Å². The number of alkyl carbamates (subject to hydrolysis) is 1. The van der Waals surface area contributed by atoms with E-state index < -0.39 is 41.5 Å². The minimum Gasteiger partial charge on any atom is -0.444 e. The maximum atomic E-state index is 13.8. The molecule has 37 heavy (non-hydrogen) atoms. The third kappa shape index (κ3) is 11.7. The monoisotopic (exact) mass is 519 g/mol. The second-order valence-corrected chi connectivity index (χ2v) is 10.6. The van der Waals surface area contributed by atoms with Crippen LogP contribution in [0.1, 0.15) is 45.7 Å². The topological polar surface area (TPSA) is 99.7 Å². The third-order valence-corrected chi connectivity index (χ3v) is 5.40. The van der Waals surface area contributed by atoms with Gasteiger partial charge in [0.15, 0.2) is 0 Å². The van der Waals surface area contributed by atoms with Gasteiger partial charge in [0, 0.05) is 19.2 Å². The van der Waals surface area contributed by atoms with E-state index in [1.54, 1.807) is 20.8 Å². The number of hydrogen-bond acceptors (Lipinski definition) is 5. The van der Waals surface area contributed by atoms with Crippen LogP contribution in [0.15, 0.2) is 48.5 Å². The Balaban J connectivity index is 2.17. The average molecular weight is 520 g/mol. The van der Waals surface area contributed by atoms with Crippen molar-refractivity contribution < 1.29 is 28.2 Å². The number of rotatable bonds is 12. The highest BCUT2D eigenvalue weighted by Crippen LogP contribution is 2.14. The number of hydrogen-bond donors (Lipinski definition) is 4. The molecule has 0 radical (unpaired) electrons. The zero-order valence-electron chi connectivity index (χ0n) is 22.2. The molecular weight excluding hydrogens is 480 g/mol. The zero-order valence-corrected chi connectivity index (χ0v) is 22.2. The summed E-state index contributed by atoms with van der Waals surface area (Å²) in [7, 11) is 0. The van der Waals surface area contributed by atoms with Crippen LogP contribution in [0.3, 0.4) is 0 Å². The molecule has 2 aromatic rings. The molecule has 0 unspecified atom stereocenters. The maximum absolute atomic E-state index is 13.8. The van der Waals surface area contributed by atoms with Gasteiger partial charge in [-0.25, -0.2) is 13.6 Å². The molecule has 2 aromatic carbocycles.